The summed E-state index contributed by atoms with van der Waals surface area (Å²) in [7, 11) is 1.72. The summed E-state index contributed by atoms with van der Waals surface area (Å²) in [4.78, 5) is 31.7. The lowest BCUT2D eigenvalue weighted by Crippen LogP contribution is -2.56. The van der Waals surface area contributed by atoms with Crippen LogP contribution in [0.1, 0.15) is 25.8 Å². The fourth-order valence-electron chi connectivity index (χ4n) is 4.21. The van der Waals surface area contributed by atoms with E-state index in [0.717, 1.165) is 43.9 Å². The van der Waals surface area contributed by atoms with Gasteiger partial charge >= 0.3 is 0 Å². The number of carbonyl (C=O) groups excluding carboxylic acids is 2. The molecule has 29 heavy (non-hydrogen) atoms. The van der Waals surface area contributed by atoms with Gasteiger partial charge in [0.15, 0.2) is 0 Å². The zero-order valence-electron chi connectivity index (χ0n) is 17.9. The zero-order chi connectivity index (χ0) is 20.8. The molecule has 3 rings (SSSR count). The second-order valence-corrected chi connectivity index (χ2v) is 9.17. The van der Waals surface area contributed by atoms with Gasteiger partial charge in [0.05, 0.1) is 12.6 Å². The summed E-state index contributed by atoms with van der Waals surface area (Å²) in [5.41, 5.74) is 1.93. The average molecular weight is 419 g/mol. The molecule has 2 atom stereocenters. The predicted molar refractivity (Wildman–Crippen MR) is 120 cm³/mol. The van der Waals surface area contributed by atoms with Crippen LogP contribution in [0.15, 0.2) is 24.3 Å². The molecule has 1 aromatic rings. The third kappa shape index (κ3) is 5.74. The standard InChI is InChI=1S/C22H34N4O2S/c1-4-18-7-5-6-8-20(18)23-21(27)15-24(3)22(28)17(2)25-10-12-26(13-11-25)19-9-14-29-16-19/h5-8,17,19H,4,9-16H2,1-3H3,(H,23,27)/t17-,19+/m1/s1. The van der Waals surface area contributed by atoms with E-state index in [1.165, 1.54) is 17.9 Å². The first-order valence-corrected chi connectivity index (χ1v) is 11.8. The Morgan fingerprint density at radius 1 is 1.24 bits per heavy atom. The second kappa shape index (κ2) is 10.5. The highest BCUT2D eigenvalue weighted by Crippen LogP contribution is 2.23. The van der Waals surface area contributed by atoms with Crippen LogP contribution in [0.25, 0.3) is 0 Å². The molecule has 1 N–H and O–H groups in total. The van der Waals surface area contributed by atoms with Crippen molar-refractivity contribution in [2.75, 3.05) is 56.6 Å². The van der Waals surface area contributed by atoms with Crippen molar-refractivity contribution in [3.05, 3.63) is 29.8 Å². The molecule has 2 fully saturated rings. The third-order valence-corrected chi connectivity index (χ3v) is 7.25. The largest absolute Gasteiger partial charge is 0.335 e. The Bertz CT molecular complexity index is 700. The van der Waals surface area contributed by atoms with Crippen LogP contribution in [0.4, 0.5) is 5.69 Å². The van der Waals surface area contributed by atoms with E-state index >= 15 is 0 Å². The van der Waals surface area contributed by atoms with Gasteiger partial charge in [0.1, 0.15) is 0 Å². The molecule has 160 valence electrons. The van der Waals surface area contributed by atoms with E-state index < -0.39 is 0 Å². The van der Waals surface area contributed by atoms with E-state index in [1.807, 2.05) is 43.0 Å². The maximum atomic E-state index is 12.9. The fourth-order valence-corrected chi connectivity index (χ4v) is 5.46. The van der Waals surface area contributed by atoms with Gasteiger partial charge in [-0.1, -0.05) is 25.1 Å². The lowest BCUT2D eigenvalue weighted by atomic mass is 10.1. The molecule has 2 saturated heterocycles. The molecular weight excluding hydrogens is 384 g/mol. The number of aryl methyl sites for hydroxylation is 1. The van der Waals surface area contributed by atoms with Crippen LogP contribution in [-0.2, 0) is 16.0 Å². The number of benzene rings is 1. The van der Waals surface area contributed by atoms with Crippen molar-refractivity contribution in [1.82, 2.24) is 14.7 Å². The molecule has 2 amide bonds. The van der Waals surface area contributed by atoms with Gasteiger partial charge in [0.25, 0.3) is 0 Å². The van der Waals surface area contributed by atoms with Crippen LogP contribution in [0.2, 0.25) is 0 Å². The molecular formula is C22H34N4O2S. The van der Waals surface area contributed by atoms with Crippen molar-refractivity contribution >= 4 is 29.3 Å². The summed E-state index contributed by atoms with van der Waals surface area (Å²) in [5, 5.41) is 2.95. The van der Waals surface area contributed by atoms with Crippen LogP contribution in [0.5, 0.6) is 0 Å². The van der Waals surface area contributed by atoms with Crippen molar-refractivity contribution in [2.45, 2.75) is 38.8 Å². The number of amides is 2. The van der Waals surface area contributed by atoms with Crippen molar-refractivity contribution in [3.8, 4) is 0 Å². The topological polar surface area (TPSA) is 55.9 Å². The Balaban J connectivity index is 1.47. The first kappa shape index (κ1) is 22.1. The number of nitrogens with one attached hydrogen (secondary N) is 1. The molecule has 0 spiro atoms. The number of hydrogen-bond donors (Lipinski definition) is 1. The van der Waals surface area contributed by atoms with Gasteiger partial charge in [-0.3, -0.25) is 19.4 Å². The Morgan fingerprint density at radius 2 is 1.97 bits per heavy atom. The van der Waals surface area contributed by atoms with Gasteiger partial charge in [0.2, 0.25) is 11.8 Å². The lowest BCUT2D eigenvalue weighted by molar-refractivity contribution is -0.138. The summed E-state index contributed by atoms with van der Waals surface area (Å²) in [6.45, 7) is 7.98. The van der Waals surface area contributed by atoms with E-state index in [2.05, 4.69) is 22.0 Å². The molecule has 0 aliphatic carbocycles. The summed E-state index contributed by atoms with van der Waals surface area (Å²) in [5.74, 6) is 2.37. The van der Waals surface area contributed by atoms with E-state index in [-0.39, 0.29) is 24.4 Å². The predicted octanol–water partition coefficient (Wildman–Crippen LogP) is 2.16. The number of rotatable bonds is 7. The minimum absolute atomic E-state index is 0.00815. The molecule has 7 heteroatoms. The van der Waals surface area contributed by atoms with Crippen LogP contribution in [0.3, 0.4) is 0 Å². The summed E-state index contributed by atoms with van der Waals surface area (Å²) < 4.78 is 0. The molecule has 0 saturated carbocycles. The molecule has 2 aliphatic rings. The van der Waals surface area contributed by atoms with E-state index in [1.54, 1.807) is 11.9 Å². The molecule has 0 bridgehead atoms. The van der Waals surface area contributed by atoms with Crippen molar-refractivity contribution in [2.24, 2.45) is 0 Å². The van der Waals surface area contributed by atoms with Crippen molar-refractivity contribution in [3.63, 3.8) is 0 Å². The maximum Gasteiger partial charge on any atom is 0.243 e. The number of nitrogens with zero attached hydrogens (tertiary/aromatic N) is 3. The number of anilines is 1. The highest BCUT2D eigenvalue weighted by Gasteiger charge is 2.31. The number of carbonyl (C=O) groups is 2. The lowest BCUT2D eigenvalue weighted by Gasteiger charge is -2.40. The monoisotopic (exact) mass is 418 g/mol. The van der Waals surface area contributed by atoms with Gasteiger partial charge in [0, 0.05) is 50.7 Å². The maximum absolute atomic E-state index is 12.9. The van der Waals surface area contributed by atoms with Gasteiger partial charge in [-0.05, 0) is 37.1 Å². The van der Waals surface area contributed by atoms with Crippen LogP contribution in [-0.4, -0.2) is 89.9 Å². The van der Waals surface area contributed by atoms with E-state index in [0.29, 0.717) is 6.04 Å². The number of hydrogen-bond acceptors (Lipinski definition) is 5. The normalized spacial score (nSPS) is 21.7. The smallest absolute Gasteiger partial charge is 0.243 e. The van der Waals surface area contributed by atoms with E-state index in [9.17, 15) is 9.59 Å². The van der Waals surface area contributed by atoms with Crippen LogP contribution < -0.4 is 5.32 Å². The van der Waals surface area contributed by atoms with Gasteiger partial charge in [-0.15, -0.1) is 0 Å². The van der Waals surface area contributed by atoms with Crippen molar-refractivity contribution in [1.29, 1.82) is 0 Å². The molecule has 0 radical (unpaired) electrons. The molecule has 0 unspecified atom stereocenters. The summed E-state index contributed by atoms with van der Waals surface area (Å²) in [6.07, 6.45) is 2.14. The third-order valence-electron chi connectivity index (χ3n) is 6.11. The highest BCUT2D eigenvalue weighted by molar-refractivity contribution is 7.99. The first-order chi connectivity index (χ1) is 14.0. The molecule has 0 aromatic heterocycles. The van der Waals surface area contributed by atoms with Gasteiger partial charge < -0.3 is 10.2 Å². The quantitative estimate of drug-likeness (QED) is 0.735. The molecule has 6 nitrogen and oxygen atoms in total. The zero-order valence-corrected chi connectivity index (χ0v) is 18.7. The molecule has 2 aliphatic heterocycles. The number of piperazine rings is 1. The van der Waals surface area contributed by atoms with Crippen molar-refractivity contribution < 1.29 is 9.59 Å². The minimum Gasteiger partial charge on any atom is -0.335 e. The van der Waals surface area contributed by atoms with Gasteiger partial charge in [-0.25, -0.2) is 0 Å². The Labute approximate surface area is 179 Å². The Kier molecular flexibility index (Phi) is 7.98. The second-order valence-electron chi connectivity index (χ2n) is 8.02. The minimum atomic E-state index is -0.198. The van der Waals surface area contributed by atoms with Crippen LogP contribution >= 0.6 is 11.8 Å². The summed E-state index contributed by atoms with van der Waals surface area (Å²) in [6, 6.07) is 8.31. The molecule has 2 heterocycles. The number of thioether (sulfide) groups is 1. The van der Waals surface area contributed by atoms with Gasteiger partial charge in [-0.2, -0.15) is 11.8 Å². The fraction of sp³-hybridized carbons (Fsp3) is 0.636. The van der Waals surface area contributed by atoms with E-state index in [4.69, 9.17) is 0 Å². The Hall–Kier alpha value is -1.57. The number of likely N-dealkylation sites (N-methyl/N-ethyl adjacent to an activating group) is 1. The Morgan fingerprint density at radius 3 is 2.62 bits per heavy atom. The average Bonchev–Trinajstić information content (AvgIpc) is 3.28. The van der Waals surface area contributed by atoms with Crippen LogP contribution in [0, 0.1) is 0 Å². The number of para-hydroxylation sites is 1. The SMILES string of the molecule is CCc1ccccc1NC(=O)CN(C)C(=O)[C@@H](C)N1CCN([C@H]2CCSC2)CC1. The molecule has 1 aromatic carbocycles. The first-order valence-electron chi connectivity index (χ1n) is 10.7. The highest BCUT2D eigenvalue weighted by atomic mass is 32.2. The summed E-state index contributed by atoms with van der Waals surface area (Å²) >= 11 is 2.05.